The van der Waals surface area contributed by atoms with Gasteiger partial charge in [-0.3, -0.25) is 9.38 Å². The molecule has 0 aliphatic heterocycles. The number of aryl methyl sites for hydroxylation is 1. The molecule has 0 spiro atoms. The molecule has 0 bridgehead atoms. The Morgan fingerprint density at radius 3 is 2.36 bits per heavy atom. The van der Waals surface area contributed by atoms with Crippen LogP contribution in [-0.2, 0) is 19.8 Å². The first-order chi connectivity index (χ1) is 21.4. The van der Waals surface area contributed by atoms with E-state index in [4.69, 9.17) is 15.5 Å². The topological polar surface area (TPSA) is 94.4 Å². The third-order valence-electron chi connectivity index (χ3n) is 7.76. The summed E-state index contributed by atoms with van der Waals surface area (Å²) in [5, 5.41) is 0. The van der Waals surface area contributed by atoms with E-state index in [1.54, 1.807) is 24.3 Å². The zero-order valence-electron chi connectivity index (χ0n) is 26.2. The Morgan fingerprint density at radius 2 is 1.82 bits per heavy atom. The maximum atomic E-state index is 14.1. The van der Waals surface area contributed by atoms with Crippen molar-refractivity contribution in [3.63, 3.8) is 0 Å². The molecule has 4 rings (SSSR count). The number of aromatic nitrogens is 4. The Labute approximate surface area is 260 Å². The summed E-state index contributed by atoms with van der Waals surface area (Å²) in [6.07, 6.45) is 0.186. The number of benzene rings is 1. The van der Waals surface area contributed by atoms with Gasteiger partial charge < -0.3 is 19.9 Å². The zero-order chi connectivity index (χ0) is 32.9. The minimum Gasteiger partial charge on any atom is -0.481 e. The van der Waals surface area contributed by atoms with Crippen molar-refractivity contribution in [3.8, 4) is 17.3 Å². The van der Waals surface area contributed by atoms with Gasteiger partial charge >= 0.3 is 6.18 Å². The van der Waals surface area contributed by atoms with E-state index in [9.17, 15) is 22.0 Å². The number of hydrogen-bond acceptors (Lipinski definition) is 6. The predicted molar refractivity (Wildman–Crippen MR) is 163 cm³/mol. The van der Waals surface area contributed by atoms with E-state index in [-0.39, 0.29) is 36.3 Å². The van der Waals surface area contributed by atoms with Crippen LogP contribution in [0.15, 0.2) is 53.1 Å². The van der Waals surface area contributed by atoms with Crippen molar-refractivity contribution in [1.29, 1.82) is 0 Å². The second-order valence-corrected chi connectivity index (χ2v) is 11.5. The van der Waals surface area contributed by atoms with E-state index in [1.165, 1.54) is 25.1 Å². The number of hydrogen-bond donors (Lipinski definition) is 1. The molecule has 2 heterocycles. The lowest BCUT2D eigenvalue weighted by molar-refractivity contribution is -0.140. The third kappa shape index (κ3) is 7.98. The minimum absolute atomic E-state index is 0.0238. The standard InChI is InChI=1S/C32H40F5N7O/c1-19(2)44(16-21-8-10-23(11-9-21)29-42-26(17-43(29)4)32(35,36)37)30(24(7-6-14-33)25(38)15-34)41-20(3)27-28(22-12-13-22)39-18-40-31(27)45-5/h8-11,17-20,22H,6-7,12-16,38H2,1-5H3/b25-24-,41-30?. The highest BCUT2D eigenvalue weighted by Crippen LogP contribution is 2.44. The van der Waals surface area contributed by atoms with Gasteiger partial charge in [-0.05, 0) is 52.0 Å². The van der Waals surface area contributed by atoms with Gasteiger partial charge in [0.15, 0.2) is 5.69 Å². The molecule has 244 valence electrons. The van der Waals surface area contributed by atoms with E-state index in [0.717, 1.165) is 35.9 Å². The summed E-state index contributed by atoms with van der Waals surface area (Å²) >= 11 is 0. The van der Waals surface area contributed by atoms with Gasteiger partial charge in [0.05, 0.1) is 31.1 Å². The number of alkyl halides is 5. The van der Waals surface area contributed by atoms with Gasteiger partial charge in [0.25, 0.3) is 0 Å². The van der Waals surface area contributed by atoms with Gasteiger partial charge in [0.1, 0.15) is 24.7 Å². The monoisotopic (exact) mass is 633 g/mol. The molecular formula is C32H40F5N7O. The van der Waals surface area contributed by atoms with Crippen LogP contribution >= 0.6 is 0 Å². The Kier molecular flexibility index (Phi) is 10.8. The fourth-order valence-electron chi connectivity index (χ4n) is 5.27. The first kappa shape index (κ1) is 33.9. The first-order valence-electron chi connectivity index (χ1n) is 14.9. The van der Waals surface area contributed by atoms with Crippen LogP contribution in [0.5, 0.6) is 5.88 Å². The molecule has 1 aliphatic rings. The van der Waals surface area contributed by atoms with Crippen LogP contribution in [0.3, 0.4) is 0 Å². The van der Waals surface area contributed by atoms with Crippen molar-refractivity contribution in [2.45, 2.75) is 77.2 Å². The number of aliphatic imine (C=N–C) groups is 1. The highest BCUT2D eigenvalue weighted by Gasteiger charge is 2.35. The molecule has 1 saturated carbocycles. The van der Waals surface area contributed by atoms with Gasteiger partial charge in [-0.2, -0.15) is 13.2 Å². The molecule has 13 heteroatoms. The Morgan fingerprint density at radius 1 is 1.13 bits per heavy atom. The van der Waals surface area contributed by atoms with Crippen LogP contribution < -0.4 is 10.5 Å². The van der Waals surface area contributed by atoms with Gasteiger partial charge in [-0.15, -0.1) is 0 Å². The molecular weight excluding hydrogens is 593 g/mol. The van der Waals surface area contributed by atoms with Crippen LogP contribution in [0.25, 0.3) is 11.4 Å². The summed E-state index contributed by atoms with van der Waals surface area (Å²) in [4.78, 5) is 19.7. The smallest absolute Gasteiger partial charge is 0.434 e. The summed E-state index contributed by atoms with van der Waals surface area (Å²) in [5.41, 5.74) is 8.59. The molecule has 3 aromatic rings. The maximum absolute atomic E-state index is 14.1. The molecule has 1 aliphatic carbocycles. The lowest BCUT2D eigenvalue weighted by Gasteiger charge is -2.33. The van der Waals surface area contributed by atoms with Gasteiger partial charge in [-0.1, -0.05) is 24.3 Å². The van der Waals surface area contributed by atoms with Gasteiger partial charge in [0.2, 0.25) is 5.88 Å². The number of halogens is 5. The molecule has 0 amide bonds. The lowest BCUT2D eigenvalue weighted by Crippen LogP contribution is -2.39. The first-order valence-corrected chi connectivity index (χ1v) is 14.9. The average Bonchev–Trinajstić information content (AvgIpc) is 3.78. The number of rotatable bonds is 13. The molecule has 2 N–H and O–H groups in total. The summed E-state index contributed by atoms with van der Waals surface area (Å²) in [7, 11) is 3.05. The number of ether oxygens (including phenoxy) is 1. The van der Waals surface area contributed by atoms with Crippen molar-refractivity contribution >= 4 is 5.84 Å². The molecule has 0 saturated heterocycles. The van der Waals surface area contributed by atoms with Crippen molar-refractivity contribution < 1.29 is 26.7 Å². The lowest BCUT2D eigenvalue weighted by atomic mass is 10.0. The highest BCUT2D eigenvalue weighted by atomic mass is 19.4. The summed E-state index contributed by atoms with van der Waals surface area (Å²) in [6, 6.07) is 6.37. The minimum atomic E-state index is -4.55. The normalized spacial score (nSPS) is 15.3. The highest BCUT2D eigenvalue weighted by molar-refractivity contribution is 5.99. The van der Waals surface area contributed by atoms with Crippen molar-refractivity contribution in [2.24, 2.45) is 17.8 Å². The molecule has 1 unspecified atom stereocenters. The Bertz CT molecular complexity index is 1510. The number of nitrogens with two attached hydrogens (primary N) is 1. The summed E-state index contributed by atoms with van der Waals surface area (Å²) < 4.78 is 74.1. The SMILES string of the molecule is COc1ncnc(C2CC2)c1C(C)N=C(/C(CCCF)=C(\N)CF)N(Cc1ccc(-c2nc(C(F)(F)F)cn2C)cc1)C(C)C. The van der Waals surface area contributed by atoms with Crippen LogP contribution in [0.1, 0.15) is 80.9 Å². The zero-order valence-corrected chi connectivity index (χ0v) is 26.2. The summed E-state index contributed by atoms with van der Waals surface area (Å²) in [6.45, 7) is 4.59. The van der Waals surface area contributed by atoms with Crippen molar-refractivity contribution in [1.82, 2.24) is 24.4 Å². The van der Waals surface area contributed by atoms with E-state index in [2.05, 4.69) is 15.0 Å². The number of nitrogens with zero attached hydrogens (tertiary/aromatic N) is 6. The quantitative estimate of drug-likeness (QED) is 0.123. The van der Waals surface area contributed by atoms with Crippen LogP contribution in [-0.4, -0.2) is 56.8 Å². The second kappa shape index (κ2) is 14.4. The second-order valence-electron chi connectivity index (χ2n) is 11.5. The van der Waals surface area contributed by atoms with E-state index < -0.39 is 31.3 Å². The summed E-state index contributed by atoms with van der Waals surface area (Å²) in [5.74, 6) is 1.30. The average molecular weight is 634 g/mol. The third-order valence-corrected chi connectivity index (χ3v) is 7.76. The molecule has 8 nitrogen and oxygen atoms in total. The number of methoxy groups -OCH3 is 1. The van der Waals surface area contributed by atoms with Crippen LogP contribution in [0, 0.1) is 0 Å². The Balaban J connectivity index is 1.76. The molecule has 1 atom stereocenters. The fourth-order valence-corrected chi connectivity index (χ4v) is 5.27. The van der Waals surface area contributed by atoms with E-state index in [1.807, 2.05) is 25.7 Å². The van der Waals surface area contributed by atoms with Crippen molar-refractivity contribution in [3.05, 3.63) is 70.6 Å². The van der Waals surface area contributed by atoms with Crippen molar-refractivity contribution in [2.75, 3.05) is 20.5 Å². The van der Waals surface area contributed by atoms with E-state index >= 15 is 0 Å². The predicted octanol–water partition coefficient (Wildman–Crippen LogP) is 7.08. The molecule has 45 heavy (non-hydrogen) atoms. The maximum Gasteiger partial charge on any atom is 0.434 e. The number of imidazole rings is 1. The largest absolute Gasteiger partial charge is 0.481 e. The number of amidine groups is 1. The Hall–Kier alpha value is -4.03. The van der Waals surface area contributed by atoms with Crippen LogP contribution in [0.2, 0.25) is 0 Å². The molecule has 2 aromatic heterocycles. The number of allylic oxidation sites excluding steroid dienone is 1. The van der Waals surface area contributed by atoms with Crippen LogP contribution in [0.4, 0.5) is 22.0 Å². The van der Waals surface area contributed by atoms with Gasteiger partial charge in [0, 0.05) is 48.6 Å². The molecule has 1 aromatic carbocycles. The van der Waals surface area contributed by atoms with Gasteiger partial charge in [-0.25, -0.2) is 19.3 Å². The van der Waals surface area contributed by atoms with E-state index in [0.29, 0.717) is 29.4 Å². The molecule has 0 radical (unpaired) electrons. The fraction of sp³-hybridized carbons (Fsp3) is 0.500. The molecule has 1 fully saturated rings.